The van der Waals surface area contributed by atoms with Crippen molar-refractivity contribution in [3.63, 3.8) is 0 Å². The smallest absolute Gasteiger partial charge is 0.243 e. The van der Waals surface area contributed by atoms with Gasteiger partial charge in [-0.05, 0) is 25.0 Å². The average Bonchev–Trinajstić information content (AvgIpc) is 2.72. The van der Waals surface area contributed by atoms with Crippen molar-refractivity contribution in [2.45, 2.75) is 103 Å². The molecule has 0 fully saturated rings. The molecule has 1 rings (SSSR count). The molecular formula is C26H47BrNO+. The molecule has 0 aliphatic carbocycles. The van der Waals surface area contributed by atoms with Crippen molar-refractivity contribution in [2.75, 3.05) is 26.0 Å². The fraction of sp³-hybridized carbons (Fsp3) is 0.769. The molecule has 0 radical (unpaired) electrons. The Bertz CT molecular complexity index is 477. The molecule has 0 spiro atoms. The van der Waals surface area contributed by atoms with Gasteiger partial charge in [0.1, 0.15) is 5.75 Å². The Hall–Kier alpha value is -0.540. The summed E-state index contributed by atoms with van der Waals surface area (Å²) in [5.74, 6) is 0.962. The molecule has 0 saturated heterocycles. The summed E-state index contributed by atoms with van der Waals surface area (Å²) in [6, 6.07) is 10.2. The summed E-state index contributed by atoms with van der Waals surface area (Å²) in [6.45, 7) is 3.46. The largest absolute Gasteiger partial charge is 0.442 e. The Morgan fingerprint density at radius 1 is 0.724 bits per heavy atom. The zero-order valence-electron chi connectivity index (χ0n) is 19.5. The van der Waals surface area contributed by atoms with E-state index in [1.807, 2.05) is 30.3 Å². The lowest BCUT2D eigenvalue weighted by Gasteiger charge is -2.36. The van der Waals surface area contributed by atoms with Crippen LogP contribution in [-0.4, -0.2) is 36.7 Å². The van der Waals surface area contributed by atoms with Crippen molar-refractivity contribution in [3.8, 4) is 5.75 Å². The number of hydrogen-bond acceptors (Lipinski definition) is 1. The number of quaternary nitrogens is 1. The number of nitrogens with zero attached hydrogens (tertiary/aromatic N) is 1. The third-order valence-electron chi connectivity index (χ3n) is 6.01. The van der Waals surface area contributed by atoms with Crippen molar-refractivity contribution >= 4 is 15.9 Å². The molecule has 0 amide bonds. The van der Waals surface area contributed by atoms with E-state index >= 15 is 0 Å². The van der Waals surface area contributed by atoms with Crippen molar-refractivity contribution in [2.24, 2.45) is 0 Å². The van der Waals surface area contributed by atoms with Crippen LogP contribution in [0.5, 0.6) is 5.75 Å². The molecule has 1 aromatic rings. The normalized spacial score (nSPS) is 12.8. The first-order chi connectivity index (χ1) is 14.1. The molecule has 1 unspecified atom stereocenters. The third kappa shape index (κ3) is 13.4. The van der Waals surface area contributed by atoms with E-state index in [0.29, 0.717) is 0 Å². The van der Waals surface area contributed by atoms with E-state index in [2.05, 4.69) is 36.9 Å². The molecule has 0 bridgehead atoms. The number of hydrogen-bond donors (Lipinski definition) is 0. The van der Waals surface area contributed by atoms with Gasteiger partial charge in [0.2, 0.25) is 6.23 Å². The first kappa shape index (κ1) is 26.5. The lowest BCUT2D eigenvalue weighted by atomic mass is 10.0. The molecule has 0 heterocycles. The Labute approximate surface area is 190 Å². The fourth-order valence-electron chi connectivity index (χ4n) is 3.87. The molecule has 2 nitrogen and oxygen atoms in total. The second-order valence-electron chi connectivity index (χ2n) is 9.14. The van der Waals surface area contributed by atoms with E-state index in [4.69, 9.17) is 4.74 Å². The summed E-state index contributed by atoms with van der Waals surface area (Å²) in [4.78, 5) is 0. The molecule has 3 heteroatoms. The van der Waals surface area contributed by atoms with Gasteiger partial charge in [0.15, 0.2) is 0 Å². The maximum Gasteiger partial charge on any atom is 0.243 e. The van der Waals surface area contributed by atoms with E-state index < -0.39 is 0 Å². The lowest BCUT2D eigenvalue weighted by molar-refractivity contribution is -0.930. The van der Waals surface area contributed by atoms with Crippen LogP contribution in [0.2, 0.25) is 0 Å². The zero-order chi connectivity index (χ0) is 21.2. The summed E-state index contributed by atoms with van der Waals surface area (Å²) in [5.41, 5.74) is 0. The minimum absolute atomic E-state index is 0.152. The minimum Gasteiger partial charge on any atom is -0.442 e. The molecular weight excluding hydrogens is 422 g/mol. The van der Waals surface area contributed by atoms with E-state index in [9.17, 15) is 0 Å². The van der Waals surface area contributed by atoms with Gasteiger partial charge < -0.3 is 4.74 Å². The fourth-order valence-corrected chi connectivity index (χ4v) is 4.79. The first-order valence-electron chi connectivity index (χ1n) is 12.2. The molecule has 168 valence electrons. The topological polar surface area (TPSA) is 9.23 Å². The molecule has 0 aliphatic rings. The standard InChI is InChI=1S/C26H47BrNO/c1-4-5-6-7-8-9-10-11-12-13-14-15-16-20-23-28(2,3)26(24-27)29-25-21-18-17-19-22-25/h17-19,21-22,26H,4-16,20,23-24H2,1-3H3/q+1. The highest BCUT2D eigenvalue weighted by molar-refractivity contribution is 9.09. The maximum atomic E-state index is 6.22. The van der Waals surface area contributed by atoms with Crippen LogP contribution in [0.4, 0.5) is 0 Å². The van der Waals surface area contributed by atoms with Gasteiger partial charge in [0.25, 0.3) is 0 Å². The van der Waals surface area contributed by atoms with Crippen molar-refractivity contribution in [3.05, 3.63) is 30.3 Å². The Morgan fingerprint density at radius 3 is 1.62 bits per heavy atom. The number of unbranched alkanes of at least 4 members (excludes halogenated alkanes) is 13. The van der Waals surface area contributed by atoms with Crippen LogP contribution in [0.1, 0.15) is 96.8 Å². The Balaban J connectivity index is 2.01. The molecule has 0 saturated carbocycles. The van der Waals surface area contributed by atoms with E-state index in [0.717, 1.165) is 15.6 Å². The quantitative estimate of drug-likeness (QED) is 0.0856. The zero-order valence-corrected chi connectivity index (χ0v) is 21.1. The highest BCUT2D eigenvalue weighted by atomic mass is 79.9. The van der Waals surface area contributed by atoms with Gasteiger partial charge in [0, 0.05) is 0 Å². The Kier molecular flexibility index (Phi) is 15.7. The number of ether oxygens (including phenoxy) is 1. The molecule has 1 atom stereocenters. The van der Waals surface area contributed by atoms with Crippen LogP contribution in [0.3, 0.4) is 0 Å². The summed E-state index contributed by atoms with van der Waals surface area (Å²) in [6.07, 6.45) is 19.9. The van der Waals surface area contributed by atoms with Gasteiger partial charge in [0.05, 0.1) is 26.0 Å². The van der Waals surface area contributed by atoms with Gasteiger partial charge >= 0.3 is 0 Å². The van der Waals surface area contributed by atoms with Crippen LogP contribution in [-0.2, 0) is 0 Å². The Morgan fingerprint density at radius 2 is 1.17 bits per heavy atom. The minimum atomic E-state index is 0.152. The predicted octanol–water partition coefficient (Wildman–Crippen LogP) is 8.34. The molecule has 29 heavy (non-hydrogen) atoms. The van der Waals surface area contributed by atoms with Crippen LogP contribution < -0.4 is 4.74 Å². The lowest BCUT2D eigenvalue weighted by Crippen LogP contribution is -2.53. The van der Waals surface area contributed by atoms with Crippen LogP contribution >= 0.6 is 15.9 Å². The van der Waals surface area contributed by atoms with Crippen molar-refractivity contribution in [1.82, 2.24) is 0 Å². The maximum absolute atomic E-state index is 6.22. The molecule has 0 aromatic heterocycles. The van der Waals surface area contributed by atoms with Gasteiger partial charge in [-0.3, -0.25) is 4.48 Å². The highest BCUT2D eigenvalue weighted by Gasteiger charge is 2.28. The van der Waals surface area contributed by atoms with Gasteiger partial charge in [-0.15, -0.1) is 0 Å². The van der Waals surface area contributed by atoms with Gasteiger partial charge in [-0.25, -0.2) is 0 Å². The van der Waals surface area contributed by atoms with Gasteiger partial charge in [-0.2, -0.15) is 0 Å². The van der Waals surface area contributed by atoms with E-state index in [1.165, 1.54) is 96.4 Å². The number of para-hydroxylation sites is 1. The van der Waals surface area contributed by atoms with Crippen LogP contribution in [0.25, 0.3) is 0 Å². The van der Waals surface area contributed by atoms with E-state index in [-0.39, 0.29) is 6.23 Å². The van der Waals surface area contributed by atoms with E-state index in [1.54, 1.807) is 0 Å². The van der Waals surface area contributed by atoms with Gasteiger partial charge in [-0.1, -0.05) is 118 Å². The molecule has 1 aromatic carbocycles. The molecule has 0 N–H and O–H groups in total. The number of alkyl halides is 1. The summed E-state index contributed by atoms with van der Waals surface area (Å²) in [7, 11) is 4.58. The molecule has 0 aliphatic heterocycles. The van der Waals surface area contributed by atoms with Crippen molar-refractivity contribution < 1.29 is 9.22 Å². The predicted molar refractivity (Wildman–Crippen MR) is 132 cm³/mol. The summed E-state index contributed by atoms with van der Waals surface area (Å²) < 4.78 is 7.12. The van der Waals surface area contributed by atoms with Crippen LogP contribution in [0.15, 0.2) is 30.3 Å². The summed E-state index contributed by atoms with van der Waals surface area (Å²) >= 11 is 3.65. The monoisotopic (exact) mass is 468 g/mol. The second-order valence-corrected chi connectivity index (χ2v) is 9.79. The van der Waals surface area contributed by atoms with Crippen LogP contribution in [0, 0.1) is 0 Å². The summed E-state index contributed by atoms with van der Waals surface area (Å²) in [5, 5.41) is 0.855. The third-order valence-corrected chi connectivity index (χ3v) is 6.57. The van der Waals surface area contributed by atoms with Crippen molar-refractivity contribution in [1.29, 1.82) is 0 Å². The second kappa shape index (κ2) is 17.2. The number of benzene rings is 1. The average molecular weight is 470 g/mol. The number of rotatable bonds is 19. The highest BCUT2D eigenvalue weighted by Crippen LogP contribution is 2.19. The SMILES string of the molecule is CCCCCCCCCCCCCCCC[N+](C)(C)C(CBr)Oc1ccccc1. The first-order valence-corrected chi connectivity index (χ1v) is 13.3. The number of halogens is 1.